The molecule has 5 atom stereocenters. The maximum absolute atomic E-state index is 6.71. The molecular weight excluding hydrogens is 564 g/mol. The lowest BCUT2D eigenvalue weighted by Crippen LogP contribution is -2.62. The Labute approximate surface area is 280 Å². The molecule has 0 saturated carbocycles. The van der Waals surface area contributed by atoms with Crippen LogP contribution in [0.4, 0.5) is 0 Å². The predicted molar refractivity (Wildman–Crippen MR) is 189 cm³/mol. The Morgan fingerprint density at radius 1 is 0.400 bits per heavy atom. The van der Waals surface area contributed by atoms with Crippen LogP contribution in [0.1, 0.15) is 182 Å². The first-order valence-corrected chi connectivity index (χ1v) is 19.8. The van der Waals surface area contributed by atoms with Crippen LogP contribution < -0.4 is 0 Å². The van der Waals surface area contributed by atoms with Gasteiger partial charge in [-0.1, -0.05) is 156 Å². The summed E-state index contributed by atoms with van der Waals surface area (Å²) in [6, 6.07) is 0. The summed E-state index contributed by atoms with van der Waals surface area (Å²) in [6.45, 7) is 12.4. The third kappa shape index (κ3) is 22.1. The van der Waals surface area contributed by atoms with Crippen molar-refractivity contribution in [2.24, 2.45) is 0 Å². The van der Waals surface area contributed by atoms with Crippen LogP contribution in [0.3, 0.4) is 0 Å². The smallest absolute Gasteiger partial charge is 0.186 e. The van der Waals surface area contributed by atoms with E-state index >= 15 is 0 Å². The van der Waals surface area contributed by atoms with Crippen molar-refractivity contribution < 1.29 is 28.4 Å². The Kier molecular flexibility index (Phi) is 30.7. The van der Waals surface area contributed by atoms with Crippen LogP contribution in [-0.2, 0) is 28.4 Å². The molecule has 270 valence electrons. The van der Waals surface area contributed by atoms with Gasteiger partial charge in [0.2, 0.25) is 0 Å². The maximum atomic E-state index is 6.71. The van der Waals surface area contributed by atoms with Crippen molar-refractivity contribution in [3.63, 3.8) is 0 Å². The zero-order valence-corrected chi connectivity index (χ0v) is 30.8. The van der Waals surface area contributed by atoms with Crippen molar-refractivity contribution in [3.8, 4) is 0 Å². The summed E-state index contributed by atoms with van der Waals surface area (Å²) >= 11 is 0. The minimum atomic E-state index is -0.490. The van der Waals surface area contributed by atoms with Crippen molar-refractivity contribution in [3.05, 3.63) is 0 Å². The van der Waals surface area contributed by atoms with Gasteiger partial charge in [-0.25, -0.2) is 0 Å². The number of methoxy groups -OCH3 is 1. The minimum Gasteiger partial charge on any atom is -0.379 e. The first kappa shape index (κ1) is 42.8. The molecule has 1 aliphatic heterocycles. The molecule has 0 bridgehead atoms. The molecule has 0 aromatic carbocycles. The van der Waals surface area contributed by atoms with E-state index in [0.29, 0.717) is 26.4 Å². The van der Waals surface area contributed by atoms with Gasteiger partial charge in [-0.2, -0.15) is 0 Å². The lowest BCUT2D eigenvalue weighted by Gasteiger charge is -2.45. The first-order valence-electron chi connectivity index (χ1n) is 19.8. The van der Waals surface area contributed by atoms with Gasteiger partial charge in [-0.3, -0.25) is 0 Å². The summed E-state index contributed by atoms with van der Waals surface area (Å²) in [6.07, 6.45) is 28.3. The van der Waals surface area contributed by atoms with Crippen LogP contribution in [0.25, 0.3) is 0 Å². The highest BCUT2D eigenvalue weighted by atomic mass is 16.7. The summed E-state index contributed by atoms with van der Waals surface area (Å²) < 4.78 is 38.7. The van der Waals surface area contributed by atoms with E-state index in [2.05, 4.69) is 27.7 Å². The normalized spacial score (nSPS) is 21.9. The average Bonchev–Trinajstić information content (AvgIpc) is 3.05. The van der Waals surface area contributed by atoms with Crippen molar-refractivity contribution in [2.45, 2.75) is 213 Å². The van der Waals surface area contributed by atoms with Crippen LogP contribution in [0.2, 0.25) is 0 Å². The number of hydrogen-bond acceptors (Lipinski definition) is 6. The minimum absolute atomic E-state index is 0.230. The number of hydrogen-bond donors (Lipinski definition) is 0. The summed E-state index contributed by atoms with van der Waals surface area (Å²) in [7, 11) is 1.72. The molecule has 0 N–H and O–H groups in total. The van der Waals surface area contributed by atoms with Gasteiger partial charge < -0.3 is 28.4 Å². The molecule has 6 nitrogen and oxygen atoms in total. The van der Waals surface area contributed by atoms with E-state index in [1.807, 2.05) is 0 Å². The number of unbranched alkanes of at least 4 members (excludes halogenated alkanes) is 20. The molecule has 1 heterocycles. The van der Waals surface area contributed by atoms with Crippen molar-refractivity contribution in [2.75, 3.05) is 40.1 Å². The van der Waals surface area contributed by atoms with E-state index in [1.165, 1.54) is 128 Å². The summed E-state index contributed by atoms with van der Waals surface area (Å²) in [5, 5.41) is 0. The van der Waals surface area contributed by atoms with Crippen LogP contribution >= 0.6 is 0 Å². The van der Waals surface area contributed by atoms with Gasteiger partial charge in [0.25, 0.3) is 0 Å². The van der Waals surface area contributed by atoms with Gasteiger partial charge >= 0.3 is 0 Å². The van der Waals surface area contributed by atoms with Crippen LogP contribution in [0.15, 0.2) is 0 Å². The topological polar surface area (TPSA) is 55.4 Å². The molecule has 1 fully saturated rings. The zero-order chi connectivity index (χ0) is 32.6. The lowest BCUT2D eigenvalue weighted by molar-refractivity contribution is -0.318. The van der Waals surface area contributed by atoms with Gasteiger partial charge in [-0.15, -0.1) is 0 Å². The van der Waals surface area contributed by atoms with Gasteiger partial charge in [-0.05, 0) is 25.7 Å². The molecule has 6 heteroatoms. The SMILES string of the molecule is CCCCCCCCOC[C@H]1O[C@H](OC)[C@H](OCCCCCCCC)[C@@H](OCCCCCCCC)[C@@H]1OCCCCCCCC. The highest BCUT2D eigenvalue weighted by molar-refractivity contribution is 4.93. The van der Waals surface area contributed by atoms with E-state index in [9.17, 15) is 0 Å². The molecule has 0 amide bonds. The molecule has 1 saturated heterocycles. The van der Waals surface area contributed by atoms with E-state index in [1.54, 1.807) is 7.11 Å². The summed E-state index contributed by atoms with van der Waals surface area (Å²) in [5.41, 5.74) is 0. The monoisotopic (exact) mass is 643 g/mol. The Bertz CT molecular complexity index is 590. The molecule has 0 aromatic rings. The van der Waals surface area contributed by atoms with Crippen molar-refractivity contribution >= 4 is 0 Å². The standard InChI is InChI=1S/C39H78O6/c1-6-10-14-18-22-26-30-41-34-35-36(42-31-27-23-19-15-11-7-2)37(43-32-28-24-20-16-12-8-3)38(39(40-5)45-35)44-33-29-25-21-17-13-9-4/h35-39H,6-34H2,1-5H3/t35-,36-,37+,38-,39+/m1/s1. The Morgan fingerprint density at radius 3 is 1.18 bits per heavy atom. The molecule has 1 rings (SSSR count). The highest BCUT2D eigenvalue weighted by Crippen LogP contribution is 2.30. The fraction of sp³-hybridized carbons (Fsp3) is 1.00. The Hall–Kier alpha value is -0.240. The first-order chi connectivity index (χ1) is 22.2. The molecule has 45 heavy (non-hydrogen) atoms. The molecule has 0 unspecified atom stereocenters. The highest BCUT2D eigenvalue weighted by Gasteiger charge is 2.48. The summed E-state index contributed by atoms with van der Waals surface area (Å²) in [4.78, 5) is 0. The molecule has 0 spiro atoms. The van der Waals surface area contributed by atoms with E-state index in [0.717, 1.165) is 32.3 Å². The van der Waals surface area contributed by atoms with E-state index in [4.69, 9.17) is 28.4 Å². The third-order valence-electron chi connectivity index (χ3n) is 9.17. The number of rotatable bonds is 34. The fourth-order valence-corrected chi connectivity index (χ4v) is 6.26. The van der Waals surface area contributed by atoms with E-state index in [-0.39, 0.29) is 24.4 Å². The molecular formula is C39H78O6. The largest absolute Gasteiger partial charge is 0.379 e. The van der Waals surface area contributed by atoms with Crippen LogP contribution in [-0.4, -0.2) is 70.9 Å². The third-order valence-corrected chi connectivity index (χ3v) is 9.17. The molecule has 0 aliphatic carbocycles. The van der Waals surface area contributed by atoms with Crippen molar-refractivity contribution in [1.82, 2.24) is 0 Å². The predicted octanol–water partition coefficient (Wildman–Crippen LogP) is 11.0. The van der Waals surface area contributed by atoms with Crippen LogP contribution in [0, 0.1) is 0 Å². The quantitative estimate of drug-likeness (QED) is 0.0651. The Morgan fingerprint density at radius 2 is 0.756 bits per heavy atom. The maximum Gasteiger partial charge on any atom is 0.186 e. The van der Waals surface area contributed by atoms with Gasteiger partial charge in [0.15, 0.2) is 6.29 Å². The molecule has 0 radical (unpaired) electrons. The van der Waals surface area contributed by atoms with Crippen molar-refractivity contribution in [1.29, 1.82) is 0 Å². The van der Waals surface area contributed by atoms with E-state index < -0.39 is 6.29 Å². The fourth-order valence-electron chi connectivity index (χ4n) is 6.26. The van der Waals surface area contributed by atoms with Gasteiger partial charge in [0.05, 0.1) is 6.61 Å². The van der Waals surface area contributed by atoms with Crippen LogP contribution in [0.5, 0.6) is 0 Å². The number of ether oxygens (including phenoxy) is 6. The lowest BCUT2D eigenvalue weighted by atomic mass is 9.98. The molecule has 1 aliphatic rings. The zero-order valence-electron chi connectivity index (χ0n) is 30.8. The summed E-state index contributed by atoms with van der Waals surface area (Å²) in [5.74, 6) is 0. The molecule has 0 aromatic heterocycles. The second kappa shape index (κ2) is 32.3. The second-order valence-corrected chi connectivity index (χ2v) is 13.4. The van der Waals surface area contributed by atoms with Gasteiger partial charge in [0.1, 0.15) is 24.4 Å². The second-order valence-electron chi connectivity index (χ2n) is 13.4. The van der Waals surface area contributed by atoms with Gasteiger partial charge in [0, 0.05) is 33.5 Å². The Balaban J connectivity index is 2.87. The average molecular weight is 643 g/mol.